The summed E-state index contributed by atoms with van der Waals surface area (Å²) in [6, 6.07) is 5.31. The van der Waals surface area contributed by atoms with E-state index < -0.39 is 0 Å². The van der Waals surface area contributed by atoms with Gasteiger partial charge in [-0.1, -0.05) is 19.9 Å². The normalized spacial score (nSPS) is 13.0. The van der Waals surface area contributed by atoms with Crippen LogP contribution in [0, 0.1) is 11.7 Å². The van der Waals surface area contributed by atoms with Crippen molar-refractivity contribution in [3.05, 3.63) is 34.1 Å². The van der Waals surface area contributed by atoms with Crippen LogP contribution in [-0.2, 0) is 6.42 Å². The fourth-order valence-electron chi connectivity index (χ4n) is 1.56. The van der Waals surface area contributed by atoms with E-state index in [1.165, 1.54) is 6.07 Å². The van der Waals surface area contributed by atoms with Gasteiger partial charge < -0.3 is 0 Å². The summed E-state index contributed by atoms with van der Waals surface area (Å²) in [6.07, 6.45) is 0.806. The molecule has 2 nitrogen and oxygen atoms in total. The second-order valence-corrected chi connectivity index (χ2v) is 6.68. The van der Waals surface area contributed by atoms with E-state index in [1.54, 1.807) is 6.07 Å². The Balaban J connectivity index is 2.49. The number of hydrogen-bond acceptors (Lipinski definition) is 3. The Labute approximate surface area is 121 Å². The molecule has 0 aliphatic rings. The lowest BCUT2D eigenvalue weighted by atomic mass is 10.1. The Morgan fingerprint density at radius 3 is 2.67 bits per heavy atom. The summed E-state index contributed by atoms with van der Waals surface area (Å²) in [5.74, 6) is 8.11. The van der Waals surface area contributed by atoms with Crippen LogP contribution in [0.15, 0.2) is 22.7 Å². The van der Waals surface area contributed by atoms with Crippen molar-refractivity contribution in [2.75, 3.05) is 11.5 Å². The van der Waals surface area contributed by atoms with Crippen molar-refractivity contribution in [2.24, 2.45) is 11.8 Å². The first-order valence-electron chi connectivity index (χ1n) is 6.00. The number of nitrogens with one attached hydrogen (secondary N) is 1. The topological polar surface area (TPSA) is 38.0 Å². The number of thioether (sulfide) groups is 1. The molecule has 0 aliphatic heterocycles. The van der Waals surface area contributed by atoms with Crippen LogP contribution in [0.2, 0.25) is 0 Å². The van der Waals surface area contributed by atoms with Crippen LogP contribution in [0.3, 0.4) is 0 Å². The van der Waals surface area contributed by atoms with E-state index in [0.29, 0.717) is 10.4 Å². The molecule has 0 heterocycles. The van der Waals surface area contributed by atoms with E-state index in [4.69, 9.17) is 5.84 Å². The Morgan fingerprint density at radius 1 is 1.39 bits per heavy atom. The first-order chi connectivity index (χ1) is 8.52. The molecule has 18 heavy (non-hydrogen) atoms. The number of halogens is 2. The van der Waals surface area contributed by atoms with Crippen LogP contribution in [-0.4, -0.2) is 17.5 Å². The molecule has 0 aliphatic carbocycles. The average molecular weight is 335 g/mol. The number of hydrogen-bond donors (Lipinski definition) is 2. The van der Waals surface area contributed by atoms with Crippen molar-refractivity contribution in [1.29, 1.82) is 0 Å². The van der Waals surface area contributed by atoms with Crippen molar-refractivity contribution in [3.63, 3.8) is 0 Å². The zero-order chi connectivity index (χ0) is 13.5. The highest BCUT2D eigenvalue weighted by molar-refractivity contribution is 9.10. The molecule has 1 rings (SSSR count). The van der Waals surface area contributed by atoms with Gasteiger partial charge in [-0.3, -0.25) is 11.3 Å². The van der Waals surface area contributed by atoms with Gasteiger partial charge in [0.25, 0.3) is 0 Å². The summed E-state index contributed by atoms with van der Waals surface area (Å²) < 4.78 is 13.6. The van der Waals surface area contributed by atoms with Crippen LogP contribution in [0.1, 0.15) is 19.4 Å². The molecule has 0 fully saturated rings. The standard InChI is InChI=1S/C13H20BrFN2S/c1-9(2)7-18-8-11(17-16)5-10-3-4-13(15)12(14)6-10/h3-4,6,9,11,17H,5,7-8,16H2,1-2H3. The van der Waals surface area contributed by atoms with Crippen LogP contribution >= 0.6 is 27.7 Å². The highest BCUT2D eigenvalue weighted by atomic mass is 79.9. The molecular formula is C13H20BrFN2S. The zero-order valence-electron chi connectivity index (χ0n) is 10.7. The summed E-state index contributed by atoms with van der Waals surface area (Å²) >= 11 is 5.09. The van der Waals surface area contributed by atoms with Gasteiger partial charge >= 0.3 is 0 Å². The maximum absolute atomic E-state index is 13.1. The predicted octanol–water partition coefficient (Wildman–Crippen LogP) is 3.35. The van der Waals surface area contributed by atoms with Crippen LogP contribution in [0.4, 0.5) is 4.39 Å². The lowest BCUT2D eigenvalue weighted by molar-refractivity contribution is 0.572. The molecule has 0 aromatic heterocycles. The molecule has 3 N–H and O–H groups in total. The number of nitrogens with two attached hydrogens (primary N) is 1. The van der Waals surface area contributed by atoms with Gasteiger partial charge in [-0.05, 0) is 51.7 Å². The van der Waals surface area contributed by atoms with Crippen molar-refractivity contribution >= 4 is 27.7 Å². The summed E-state index contributed by atoms with van der Waals surface area (Å²) in [5, 5.41) is 0. The summed E-state index contributed by atoms with van der Waals surface area (Å²) in [4.78, 5) is 0. The van der Waals surface area contributed by atoms with Crippen molar-refractivity contribution < 1.29 is 4.39 Å². The van der Waals surface area contributed by atoms with Crippen molar-refractivity contribution in [2.45, 2.75) is 26.3 Å². The van der Waals surface area contributed by atoms with E-state index >= 15 is 0 Å². The van der Waals surface area contributed by atoms with E-state index in [-0.39, 0.29) is 11.9 Å². The number of benzene rings is 1. The SMILES string of the molecule is CC(C)CSCC(Cc1ccc(F)c(Br)c1)NN. The average Bonchev–Trinajstić information content (AvgIpc) is 2.32. The minimum Gasteiger partial charge on any atom is -0.271 e. The smallest absolute Gasteiger partial charge is 0.137 e. The van der Waals surface area contributed by atoms with E-state index in [1.807, 2.05) is 17.8 Å². The first kappa shape index (κ1) is 16.0. The van der Waals surface area contributed by atoms with Gasteiger partial charge in [0.15, 0.2) is 0 Å². The largest absolute Gasteiger partial charge is 0.271 e. The van der Waals surface area contributed by atoms with Gasteiger partial charge in [0.1, 0.15) is 5.82 Å². The molecule has 1 aromatic carbocycles. The quantitative estimate of drug-likeness (QED) is 0.593. The van der Waals surface area contributed by atoms with Gasteiger partial charge in [0.2, 0.25) is 0 Å². The molecule has 1 unspecified atom stereocenters. The van der Waals surface area contributed by atoms with Crippen LogP contribution in [0.5, 0.6) is 0 Å². The molecule has 0 saturated heterocycles. The summed E-state index contributed by atoms with van der Waals surface area (Å²) in [7, 11) is 0. The third kappa shape index (κ3) is 5.69. The molecule has 1 atom stereocenters. The molecule has 0 amide bonds. The molecular weight excluding hydrogens is 315 g/mol. The number of rotatable bonds is 7. The molecule has 5 heteroatoms. The minimum atomic E-state index is -0.231. The lowest BCUT2D eigenvalue weighted by Gasteiger charge is -2.16. The third-order valence-electron chi connectivity index (χ3n) is 2.47. The van der Waals surface area contributed by atoms with Crippen LogP contribution < -0.4 is 11.3 Å². The summed E-state index contributed by atoms with van der Waals surface area (Å²) in [6.45, 7) is 4.41. The third-order valence-corrected chi connectivity index (χ3v) is 4.62. The second kappa shape index (κ2) is 8.15. The van der Waals surface area contributed by atoms with Crippen LogP contribution in [0.25, 0.3) is 0 Å². The molecule has 0 radical (unpaired) electrons. The Morgan fingerprint density at radius 2 is 2.11 bits per heavy atom. The van der Waals surface area contributed by atoms with Gasteiger partial charge in [0.05, 0.1) is 4.47 Å². The zero-order valence-corrected chi connectivity index (χ0v) is 13.2. The minimum absolute atomic E-state index is 0.214. The highest BCUT2D eigenvalue weighted by Gasteiger charge is 2.10. The Bertz CT molecular complexity index is 374. The first-order valence-corrected chi connectivity index (χ1v) is 7.95. The maximum Gasteiger partial charge on any atom is 0.137 e. The molecule has 0 spiro atoms. The predicted molar refractivity (Wildman–Crippen MR) is 81.1 cm³/mol. The summed E-state index contributed by atoms with van der Waals surface area (Å²) in [5.41, 5.74) is 3.91. The van der Waals surface area contributed by atoms with Gasteiger partial charge in [-0.15, -0.1) is 0 Å². The number of hydrazine groups is 1. The fraction of sp³-hybridized carbons (Fsp3) is 0.538. The maximum atomic E-state index is 13.1. The highest BCUT2D eigenvalue weighted by Crippen LogP contribution is 2.18. The van der Waals surface area contributed by atoms with E-state index in [0.717, 1.165) is 23.5 Å². The molecule has 0 bridgehead atoms. The van der Waals surface area contributed by atoms with Crippen molar-refractivity contribution in [3.8, 4) is 0 Å². The second-order valence-electron chi connectivity index (χ2n) is 4.75. The van der Waals surface area contributed by atoms with Gasteiger partial charge in [-0.2, -0.15) is 11.8 Å². The Kier molecular flexibility index (Phi) is 7.22. The Hall–Kier alpha value is -0.100. The molecule has 1 aromatic rings. The van der Waals surface area contributed by atoms with Gasteiger partial charge in [0, 0.05) is 11.8 Å². The molecule has 0 saturated carbocycles. The lowest BCUT2D eigenvalue weighted by Crippen LogP contribution is -2.38. The van der Waals surface area contributed by atoms with E-state index in [2.05, 4.69) is 35.2 Å². The monoisotopic (exact) mass is 334 g/mol. The van der Waals surface area contributed by atoms with Crippen molar-refractivity contribution in [1.82, 2.24) is 5.43 Å². The van der Waals surface area contributed by atoms with Gasteiger partial charge in [-0.25, -0.2) is 4.39 Å². The van der Waals surface area contributed by atoms with E-state index in [9.17, 15) is 4.39 Å². The fourth-order valence-corrected chi connectivity index (χ4v) is 3.10. The molecule has 102 valence electrons.